The Bertz CT molecular complexity index is 1730. The molecule has 38 heavy (non-hydrogen) atoms. The molecule has 1 aliphatic heterocycles. The minimum Gasteiger partial charge on any atom is -0.437 e. The number of nitro groups is 1. The molecule has 0 unspecified atom stereocenters. The molecule has 0 saturated carbocycles. The van der Waals surface area contributed by atoms with Crippen molar-refractivity contribution in [2.24, 2.45) is 14.1 Å². The SMILES string of the molecule is Cn1cc(C2=C(c3cn(C)c4cc([N+](=O)[O-])ccc34)C(=O)N(COC(=O)C(F)(F)F)C2=O)c2ccccc21. The Labute approximate surface area is 211 Å². The van der Waals surface area contributed by atoms with E-state index in [0.29, 0.717) is 26.8 Å². The van der Waals surface area contributed by atoms with Crippen LogP contribution >= 0.6 is 0 Å². The Morgan fingerprint density at radius 1 is 0.921 bits per heavy atom. The van der Waals surface area contributed by atoms with E-state index in [0.717, 1.165) is 5.52 Å². The lowest BCUT2D eigenvalue weighted by atomic mass is 9.95. The van der Waals surface area contributed by atoms with Gasteiger partial charge in [-0.1, -0.05) is 18.2 Å². The van der Waals surface area contributed by atoms with Gasteiger partial charge in [0.15, 0.2) is 6.73 Å². The van der Waals surface area contributed by atoms with Gasteiger partial charge in [-0.25, -0.2) is 9.69 Å². The number of halogens is 3. The molecule has 0 fully saturated rings. The highest BCUT2D eigenvalue weighted by atomic mass is 19.4. The first kappa shape index (κ1) is 24.7. The number of imide groups is 1. The van der Waals surface area contributed by atoms with Crippen LogP contribution in [0.2, 0.25) is 0 Å². The number of aryl methyl sites for hydroxylation is 2. The third kappa shape index (κ3) is 3.79. The lowest BCUT2D eigenvalue weighted by Crippen LogP contribution is -2.37. The van der Waals surface area contributed by atoms with E-state index in [1.807, 2.05) is 0 Å². The molecule has 5 rings (SSSR count). The van der Waals surface area contributed by atoms with Crippen LogP contribution in [0, 0.1) is 10.1 Å². The number of carbonyl (C=O) groups excluding carboxylic acids is 3. The maximum Gasteiger partial charge on any atom is 0.490 e. The number of rotatable bonds is 5. The molecule has 0 radical (unpaired) electrons. The highest BCUT2D eigenvalue weighted by Gasteiger charge is 2.45. The molecule has 3 heterocycles. The Morgan fingerprint density at radius 2 is 1.47 bits per heavy atom. The third-order valence-electron chi connectivity index (χ3n) is 6.34. The number of non-ortho nitro benzene ring substituents is 1. The van der Waals surface area contributed by atoms with Gasteiger partial charge < -0.3 is 13.9 Å². The molecule has 194 valence electrons. The molecule has 1 aliphatic rings. The summed E-state index contributed by atoms with van der Waals surface area (Å²) < 4.78 is 45.7. The zero-order chi connectivity index (χ0) is 27.5. The lowest BCUT2D eigenvalue weighted by Gasteiger charge is -2.15. The smallest absolute Gasteiger partial charge is 0.437 e. The molecular formula is C25H17F3N4O6. The largest absolute Gasteiger partial charge is 0.490 e. The molecule has 2 aromatic carbocycles. The zero-order valence-electron chi connectivity index (χ0n) is 19.8. The Kier molecular flexibility index (Phi) is 5.58. The number of hydrogen-bond acceptors (Lipinski definition) is 6. The molecule has 13 heteroatoms. The minimum absolute atomic E-state index is 0.0966. The van der Waals surface area contributed by atoms with E-state index in [-0.39, 0.29) is 22.4 Å². The summed E-state index contributed by atoms with van der Waals surface area (Å²) in [5.41, 5.74) is 1.28. The summed E-state index contributed by atoms with van der Waals surface area (Å²) in [6, 6.07) is 11.0. The van der Waals surface area contributed by atoms with Gasteiger partial charge in [0.05, 0.1) is 21.6 Å². The number of nitro benzene ring substituents is 1. The van der Waals surface area contributed by atoms with E-state index in [1.54, 1.807) is 49.1 Å². The van der Waals surface area contributed by atoms with Gasteiger partial charge >= 0.3 is 12.1 Å². The van der Waals surface area contributed by atoms with Crippen molar-refractivity contribution < 1.29 is 37.2 Å². The second kappa shape index (κ2) is 8.57. The maximum absolute atomic E-state index is 13.6. The van der Waals surface area contributed by atoms with E-state index in [1.165, 1.54) is 29.0 Å². The van der Waals surface area contributed by atoms with Crippen LogP contribution in [0.5, 0.6) is 0 Å². The highest BCUT2D eigenvalue weighted by molar-refractivity contribution is 6.50. The van der Waals surface area contributed by atoms with Crippen LogP contribution in [-0.2, 0) is 33.2 Å². The van der Waals surface area contributed by atoms with E-state index in [9.17, 15) is 37.7 Å². The lowest BCUT2D eigenvalue weighted by molar-refractivity contribution is -0.384. The predicted octanol–water partition coefficient (Wildman–Crippen LogP) is 3.92. The van der Waals surface area contributed by atoms with Crippen molar-refractivity contribution in [3.8, 4) is 0 Å². The first-order valence-corrected chi connectivity index (χ1v) is 11.0. The second-order valence-electron chi connectivity index (χ2n) is 8.63. The van der Waals surface area contributed by atoms with Crippen molar-refractivity contribution in [1.82, 2.24) is 14.0 Å². The number of fused-ring (bicyclic) bond motifs is 2. The van der Waals surface area contributed by atoms with Crippen molar-refractivity contribution >= 4 is 56.4 Å². The van der Waals surface area contributed by atoms with Crippen molar-refractivity contribution in [1.29, 1.82) is 0 Å². The zero-order valence-corrected chi connectivity index (χ0v) is 19.8. The predicted molar refractivity (Wildman–Crippen MR) is 128 cm³/mol. The fraction of sp³-hybridized carbons (Fsp3) is 0.160. The molecule has 0 N–H and O–H groups in total. The minimum atomic E-state index is -5.31. The summed E-state index contributed by atoms with van der Waals surface area (Å²) in [4.78, 5) is 49.6. The average molecular weight is 526 g/mol. The van der Waals surface area contributed by atoms with Gasteiger partial charge in [0.1, 0.15) is 0 Å². The van der Waals surface area contributed by atoms with Gasteiger partial charge in [-0.15, -0.1) is 0 Å². The van der Waals surface area contributed by atoms with Crippen LogP contribution in [0.4, 0.5) is 18.9 Å². The number of esters is 1. The first-order chi connectivity index (χ1) is 17.9. The number of benzene rings is 2. The van der Waals surface area contributed by atoms with Gasteiger partial charge in [0.25, 0.3) is 17.5 Å². The molecule has 0 spiro atoms. The van der Waals surface area contributed by atoms with Crippen molar-refractivity contribution in [2.45, 2.75) is 6.18 Å². The van der Waals surface area contributed by atoms with E-state index >= 15 is 0 Å². The summed E-state index contributed by atoms with van der Waals surface area (Å²) in [5.74, 6) is -4.47. The Balaban J connectivity index is 1.72. The quantitative estimate of drug-likeness (QED) is 0.168. The number of aromatic nitrogens is 2. The fourth-order valence-electron chi connectivity index (χ4n) is 4.62. The van der Waals surface area contributed by atoms with Crippen molar-refractivity contribution in [3.05, 3.63) is 76.1 Å². The average Bonchev–Trinajstić information content (AvgIpc) is 3.45. The van der Waals surface area contributed by atoms with Gasteiger partial charge in [0, 0.05) is 66.0 Å². The van der Waals surface area contributed by atoms with Crippen LogP contribution < -0.4 is 0 Å². The topological polar surface area (TPSA) is 117 Å². The van der Waals surface area contributed by atoms with Crippen LogP contribution in [-0.4, -0.2) is 49.6 Å². The number of hydrogen-bond donors (Lipinski definition) is 0. The molecule has 0 bridgehead atoms. The molecule has 10 nitrogen and oxygen atoms in total. The van der Waals surface area contributed by atoms with Crippen LogP contribution in [0.3, 0.4) is 0 Å². The number of para-hydroxylation sites is 1. The molecule has 0 saturated heterocycles. The molecule has 0 aliphatic carbocycles. The number of alkyl halides is 3. The van der Waals surface area contributed by atoms with Gasteiger partial charge in [-0.2, -0.15) is 13.2 Å². The summed E-state index contributed by atoms with van der Waals surface area (Å²) in [6.45, 7) is -1.25. The van der Waals surface area contributed by atoms with Gasteiger partial charge in [-0.05, 0) is 12.1 Å². The number of ether oxygens (including phenoxy) is 1. The Morgan fingerprint density at radius 3 is 2.05 bits per heavy atom. The van der Waals surface area contributed by atoms with Crippen molar-refractivity contribution in [2.75, 3.05) is 6.73 Å². The van der Waals surface area contributed by atoms with E-state index < -0.39 is 35.6 Å². The number of carbonyl (C=O) groups is 3. The fourth-order valence-corrected chi connectivity index (χ4v) is 4.62. The number of nitrogens with zero attached hydrogens (tertiary/aromatic N) is 4. The Hall–Kier alpha value is -4.94. The highest BCUT2D eigenvalue weighted by Crippen LogP contribution is 2.42. The summed E-state index contributed by atoms with van der Waals surface area (Å²) in [7, 11) is 3.32. The third-order valence-corrected chi connectivity index (χ3v) is 6.34. The molecule has 2 aromatic heterocycles. The van der Waals surface area contributed by atoms with E-state index in [2.05, 4.69) is 4.74 Å². The summed E-state index contributed by atoms with van der Waals surface area (Å²) in [6.07, 6.45) is -2.19. The van der Waals surface area contributed by atoms with E-state index in [4.69, 9.17) is 0 Å². The first-order valence-electron chi connectivity index (χ1n) is 11.0. The van der Waals surface area contributed by atoms with Gasteiger partial charge in [0.2, 0.25) is 0 Å². The molecule has 0 atom stereocenters. The van der Waals surface area contributed by atoms with Crippen molar-refractivity contribution in [3.63, 3.8) is 0 Å². The summed E-state index contributed by atoms with van der Waals surface area (Å²) in [5, 5.41) is 12.3. The van der Waals surface area contributed by atoms with Gasteiger partial charge in [-0.3, -0.25) is 19.7 Å². The van der Waals surface area contributed by atoms with Crippen LogP contribution in [0.15, 0.2) is 54.9 Å². The maximum atomic E-state index is 13.6. The molecule has 2 amide bonds. The molecule has 4 aromatic rings. The summed E-state index contributed by atoms with van der Waals surface area (Å²) >= 11 is 0. The molecular weight excluding hydrogens is 509 g/mol. The second-order valence-corrected chi connectivity index (χ2v) is 8.63. The number of amides is 2. The normalized spacial score (nSPS) is 14.3. The monoisotopic (exact) mass is 526 g/mol. The standard InChI is InChI=1S/C25H17F3N4O6/c1-29-10-16(14-5-3-4-6-18(14)29)20-21(23(34)31(22(20)33)12-38-24(35)25(26,27)28)17-11-30(2)19-9-13(32(36)37)7-8-15(17)19/h3-11H,12H2,1-2H3. The van der Waals surface area contributed by atoms with Crippen LogP contribution in [0.25, 0.3) is 33.0 Å². The van der Waals surface area contributed by atoms with Crippen LogP contribution in [0.1, 0.15) is 11.1 Å².